The number of nitrogens with two attached hydrogens (primary N) is 1. The van der Waals surface area contributed by atoms with E-state index in [-0.39, 0.29) is 12.1 Å². The summed E-state index contributed by atoms with van der Waals surface area (Å²) in [4.78, 5) is 18.7. The van der Waals surface area contributed by atoms with Gasteiger partial charge in [0.15, 0.2) is 0 Å². The number of hydrogen-bond donors (Lipinski definition) is 2. The molecule has 0 bridgehead atoms. The van der Waals surface area contributed by atoms with Gasteiger partial charge in [-0.15, -0.1) is 0 Å². The lowest BCUT2D eigenvalue weighted by molar-refractivity contribution is 0.551. The molecule has 3 aromatic heterocycles. The largest absolute Gasteiger partial charge is 0.356 e. The van der Waals surface area contributed by atoms with Crippen LogP contribution in [-0.4, -0.2) is 57.0 Å². The van der Waals surface area contributed by atoms with E-state index in [1.165, 1.54) is 12.8 Å². The van der Waals surface area contributed by atoms with Crippen LogP contribution < -0.4 is 20.9 Å². The number of fused-ring (bicyclic) bond motifs is 1. The third-order valence-corrected chi connectivity index (χ3v) is 5.89. The van der Waals surface area contributed by atoms with Crippen LogP contribution in [0.1, 0.15) is 39.2 Å². The molecule has 0 saturated carbocycles. The van der Waals surface area contributed by atoms with Crippen molar-refractivity contribution in [2.24, 2.45) is 5.73 Å². The van der Waals surface area contributed by atoms with Crippen LogP contribution in [0.25, 0.3) is 10.9 Å². The van der Waals surface area contributed by atoms with Gasteiger partial charge in [-0.05, 0) is 33.1 Å². The lowest BCUT2D eigenvalue weighted by atomic mass is 10.3. The van der Waals surface area contributed by atoms with Gasteiger partial charge in [-0.1, -0.05) is 0 Å². The summed E-state index contributed by atoms with van der Waals surface area (Å²) < 4.78 is 2.00. The van der Waals surface area contributed by atoms with E-state index in [0.29, 0.717) is 11.8 Å². The Morgan fingerprint density at radius 3 is 2.50 bits per heavy atom. The molecule has 0 aliphatic carbocycles. The normalized spacial score (nSPS) is 19.4. The molecule has 0 spiro atoms. The van der Waals surface area contributed by atoms with Gasteiger partial charge < -0.3 is 20.9 Å². The molecule has 9 heteroatoms. The van der Waals surface area contributed by atoms with Gasteiger partial charge in [0, 0.05) is 62.0 Å². The summed E-state index contributed by atoms with van der Waals surface area (Å²) in [5, 5.41) is 8.83. The second-order valence-corrected chi connectivity index (χ2v) is 8.53. The van der Waals surface area contributed by atoms with Crippen molar-refractivity contribution in [2.75, 3.05) is 41.3 Å². The first-order chi connectivity index (χ1) is 14.6. The van der Waals surface area contributed by atoms with Crippen molar-refractivity contribution in [1.29, 1.82) is 0 Å². The molecule has 9 nitrogen and oxygen atoms in total. The van der Waals surface area contributed by atoms with Gasteiger partial charge in [0.2, 0.25) is 5.95 Å². The zero-order valence-electron chi connectivity index (χ0n) is 17.6. The molecule has 30 heavy (non-hydrogen) atoms. The average Bonchev–Trinajstić information content (AvgIpc) is 3.48. The third kappa shape index (κ3) is 3.65. The van der Waals surface area contributed by atoms with Crippen molar-refractivity contribution < 1.29 is 0 Å². The van der Waals surface area contributed by atoms with Crippen LogP contribution in [0, 0.1) is 0 Å². The first-order valence-electron chi connectivity index (χ1n) is 10.8. The standard InChI is InChI=1S/C21H29N9/c1-14(2)30-17-9-18(23-11-15(17)12-24-30)25-21-26-19(28-6-3-4-7-28)10-20(27-21)29-8-5-16(22)13-29/h9-12,14,16H,3-8,13,22H2,1-2H3,(H,23,25,26,27). The fraction of sp³-hybridized carbons (Fsp3) is 0.524. The highest BCUT2D eigenvalue weighted by atomic mass is 15.3. The quantitative estimate of drug-likeness (QED) is 0.666. The first-order valence-corrected chi connectivity index (χ1v) is 10.8. The van der Waals surface area contributed by atoms with Crippen LogP contribution in [0.2, 0.25) is 0 Å². The highest BCUT2D eigenvalue weighted by Crippen LogP contribution is 2.28. The molecule has 1 atom stereocenters. The molecule has 3 aromatic rings. The molecule has 1 unspecified atom stereocenters. The van der Waals surface area contributed by atoms with Crippen molar-refractivity contribution in [3.63, 3.8) is 0 Å². The van der Waals surface area contributed by atoms with Crippen molar-refractivity contribution in [1.82, 2.24) is 24.7 Å². The summed E-state index contributed by atoms with van der Waals surface area (Å²) in [6.45, 7) is 8.06. The molecule has 0 amide bonds. The molecular weight excluding hydrogens is 378 g/mol. The van der Waals surface area contributed by atoms with Gasteiger partial charge in [-0.2, -0.15) is 15.1 Å². The van der Waals surface area contributed by atoms with E-state index in [2.05, 4.69) is 45.1 Å². The maximum atomic E-state index is 6.14. The summed E-state index contributed by atoms with van der Waals surface area (Å²) in [5.74, 6) is 3.18. The second-order valence-electron chi connectivity index (χ2n) is 8.53. The number of rotatable bonds is 5. The Kier molecular flexibility index (Phi) is 4.90. The van der Waals surface area contributed by atoms with Gasteiger partial charge in [-0.3, -0.25) is 4.68 Å². The van der Waals surface area contributed by atoms with E-state index >= 15 is 0 Å². The van der Waals surface area contributed by atoms with Crippen LogP contribution in [0.3, 0.4) is 0 Å². The van der Waals surface area contributed by atoms with Gasteiger partial charge in [-0.25, -0.2) is 4.98 Å². The smallest absolute Gasteiger partial charge is 0.232 e. The van der Waals surface area contributed by atoms with Crippen molar-refractivity contribution in [3.8, 4) is 0 Å². The van der Waals surface area contributed by atoms with Crippen LogP contribution >= 0.6 is 0 Å². The average molecular weight is 408 g/mol. The van der Waals surface area contributed by atoms with E-state index in [9.17, 15) is 0 Å². The Morgan fingerprint density at radius 1 is 1.03 bits per heavy atom. The Morgan fingerprint density at radius 2 is 1.80 bits per heavy atom. The Hall–Kier alpha value is -2.94. The maximum Gasteiger partial charge on any atom is 0.232 e. The predicted molar refractivity (Wildman–Crippen MR) is 119 cm³/mol. The number of nitrogens with zero attached hydrogens (tertiary/aromatic N) is 7. The lowest BCUT2D eigenvalue weighted by Gasteiger charge is -2.22. The Bertz CT molecular complexity index is 1040. The molecule has 0 radical (unpaired) electrons. The van der Waals surface area contributed by atoms with Gasteiger partial charge >= 0.3 is 0 Å². The summed E-state index contributed by atoms with van der Waals surface area (Å²) >= 11 is 0. The monoisotopic (exact) mass is 407 g/mol. The van der Waals surface area contributed by atoms with Gasteiger partial charge in [0.25, 0.3) is 0 Å². The van der Waals surface area contributed by atoms with Crippen LogP contribution in [0.15, 0.2) is 24.5 Å². The lowest BCUT2D eigenvalue weighted by Crippen LogP contribution is -2.28. The van der Waals surface area contributed by atoms with E-state index in [0.717, 1.165) is 55.1 Å². The minimum absolute atomic E-state index is 0.201. The summed E-state index contributed by atoms with van der Waals surface area (Å²) in [5.41, 5.74) is 7.18. The molecule has 2 fully saturated rings. The molecule has 2 aliphatic heterocycles. The first kappa shape index (κ1) is 19.0. The zero-order chi connectivity index (χ0) is 20.7. The molecule has 2 aliphatic rings. The molecule has 2 saturated heterocycles. The van der Waals surface area contributed by atoms with Crippen LogP contribution in [0.5, 0.6) is 0 Å². The fourth-order valence-electron chi connectivity index (χ4n) is 4.28. The summed E-state index contributed by atoms with van der Waals surface area (Å²) in [6.07, 6.45) is 7.09. The SMILES string of the molecule is CC(C)n1ncc2cnc(Nc3nc(N4CCCC4)cc(N4CCC(N)C4)n3)cc21. The van der Waals surface area contributed by atoms with Gasteiger partial charge in [0.1, 0.15) is 17.5 Å². The van der Waals surface area contributed by atoms with Gasteiger partial charge in [0.05, 0.1) is 11.7 Å². The molecule has 158 valence electrons. The molecule has 5 rings (SSSR count). The zero-order valence-corrected chi connectivity index (χ0v) is 17.6. The highest BCUT2D eigenvalue weighted by Gasteiger charge is 2.23. The number of pyridine rings is 1. The number of anilines is 4. The highest BCUT2D eigenvalue weighted by molar-refractivity contribution is 5.81. The van der Waals surface area contributed by atoms with Crippen LogP contribution in [-0.2, 0) is 0 Å². The molecular formula is C21H29N9. The van der Waals surface area contributed by atoms with E-state index in [1.54, 1.807) is 0 Å². The summed E-state index contributed by atoms with van der Waals surface area (Å²) in [6, 6.07) is 4.59. The minimum Gasteiger partial charge on any atom is -0.356 e. The Labute approximate surface area is 176 Å². The Balaban J connectivity index is 1.49. The predicted octanol–water partition coefficient (Wildman–Crippen LogP) is 2.68. The maximum absolute atomic E-state index is 6.14. The van der Waals surface area contributed by atoms with Crippen molar-refractivity contribution >= 4 is 34.3 Å². The molecule has 3 N–H and O–H groups in total. The van der Waals surface area contributed by atoms with E-state index < -0.39 is 0 Å². The fourth-order valence-corrected chi connectivity index (χ4v) is 4.28. The van der Waals surface area contributed by atoms with E-state index in [1.807, 2.05) is 23.1 Å². The molecule has 0 aromatic carbocycles. The number of hydrogen-bond acceptors (Lipinski definition) is 8. The van der Waals surface area contributed by atoms with Crippen molar-refractivity contribution in [3.05, 3.63) is 24.5 Å². The van der Waals surface area contributed by atoms with Crippen LogP contribution in [0.4, 0.5) is 23.4 Å². The minimum atomic E-state index is 0.201. The number of aromatic nitrogens is 5. The second kappa shape index (κ2) is 7.71. The summed E-state index contributed by atoms with van der Waals surface area (Å²) in [7, 11) is 0. The topological polar surface area (TPSA) is 101 Å². The van der Waals surface area contributed by atoms with E-state index in [4.69, 9.17) is 15.7 Å². The molecule has 5 heterocycles. The van der Waals surface area contributed by atoms with Crippen molar-refractivity contribution in [2.45, 2.75) is 45.2 Å². The third-order valence-electron chi connectivity index (χ3n) is 5.89. The number of nitrogens with one attached hydrogen (secondary N) is 1.